The Morgan fingerprint density at radius 3 is 1.70 bits per heavy atom. The first-order valence-electron chi connectivity index (χ1n) is 3.76. The lowest BCUT2D eigenvalue weighted by Gasteiger charge is -2.03. The zero-order valence-corrected chi connectivity index (χ0v) is 7.27. The lowest BCUT2D eigenvalue weighted by Crippen LogP contribution is -2.06. The highest BCUT2D eigenvalue weighted by Crippen LogP contribution is 2.68. The monoisotopic (exact) mass is 143 g/mol. The Labute approximate surface area is 62.7 Å². The van der Waals surface area contributed by atoms with Gasteiger partial charge in [0, 0.05) is 0 Å². The van der Waals surface area contributed by atoms with Gasteiger partial charge in [-0.2, -0.15) is 0 Å². The topological polar surface area (TPSA) is 35.2 Å². The Morgan fingerprint density at radius 2 is 1.60 bits per heavy atom. The molecule has 1 aliphatic carbocycles. The molecule has 0 heterocycles. The first-order valence-corrected chi connectivity index (χ1v) is 3.76. The molecule has 0 spiro atoms. The fourth-order valence-corrected chi connectivity index (χ4v) is 1.85. The van der Waals surface area contributed by atoms with Crippen molar-refractivity contribution in [2.45, 2.75) is 27.7 Å². The maximum atomic E-state index is 5.01. The highest BCUT2D eigenvalue weighted by Gasteiger charge is 2.64. The van der Waals surface area contributed by atoms with Gasteiger partial charge in [-0.1, -0.05) is 27.7 Å². The number of hydrogen-bond donors (Lipinski definition) is 1. The van der Waals surface area contributed by atoms with Gasteiger partial charge in [0.1, 0.15) is 0 Å². The molecule has 0 amide bonds. The van der Waals surface area contributed by atoms with Crippen LogP contribution < -0.4 is 5.90 Å². The highest BCUT2D eigenvalue weighted by atomic mass is 16.6. The van der Waals surface area contributed by atoms with Crippen molar-refractivity contribution in [1.29, 1.82) is 0 Å². The van der Waals surface area contributed by atoms with E-state index in [4.69, 9.17) is 5.90 Å². The molecule has 0 saturated heterocycles. The summed E-state index contributed by atoms with van der Waals surface area (Å²) in [5.74, 6) is 5.64. The van der Waals surface area contributed by atoms with Gasteiger partial charge >= 0.3 is 0 Å². The molecule has 1 saturated carbocycles. The van der Waals surface area contributed by atoms with E-state index in [1.165, 1.54) is 0 Å². The zero-order chi connectivity index (χ0) is 7.99. The molecule has 1 fully saturated rings. The summed E-state index contributed by atoms with van der Waals surface area (Å²) in [6.45, 7) is 9.74. The summed E-state index contributed by atoms with van der Waals surface area (Å²) in [6.07, 6.45) is 0. The van der Waals surface area contributed by atoms with Crippen LogP contribution >= 0.6 is 0 Å². The van der Waals surface area contributed by atoms with Gasteiger partial charge in [-0.15, -0.1) is 0 Å². The van der Waals surface area contributed by atoms with Crippen molar-refractivity contribution in [3.63, 3.8) is 0 Å². The van der Waals surface area contributed by atoms with Gasteiger partial charge in [0.05, 0.1) is 6.61 Å². The van der Waals surface area contributed by atoms with Crippen molar-refractivity contribution >= 4 is 0 Å². The number of rotatable bonds is 2. The van der Waals surface area contributed by atoms with Crippen molar-refractivity contribution in [2.24, 2.45) is 22.6 Å². The third kappa shape index (κ3) is 0.789. The average Bonchev–Trinajstić information content (AvgIpc) is 2.13. The van der Waals surface area contributed by atoms with Crippen LogP contribution in [0.15, 0.2) is 0 Å². The molecule has 10 heavy (non-hydrogen) atoms. The summed E-state index contributed by atoms with van der Waals surface area (Å²) in [4.78, 5) is 4.64. The largest absolute Gasteiger partial charge is 0.304 e. The summed E-state index contributed by atoms with van der Waals surface area (Å²) in [5.41, 5.74) is 0.818. The van der Waals surface area contributed by atoms with Gasteiger partial charge < -0.3 is 4.84 Å². The second kappa shape index (κ2) is 1.95. The van der Waals surface area contributed by atoms with Crippen LogP contribution in [0.3, 0.4) is 0 Å². The Hall–Kier alpha value is -0.0800. The third-order valence-electron chi connectivity index (χ3n) is 3.58. The van der Waals surface area contributed by atoms with E-state index in [-0.39, 0.29) is 0 Å². The minimum Gasteiger partial charge on any atom is -0.304 e. The summed E-state index contributed by atoms with van der Waals surface area (Å²) in [7, 11) is 0. The Bertz CT molecular complexity index is 126. The standard InChI is InChI=1S/C8H17NO/c1-7(2)6(5-10-9)8(7,3)4/h6H,5,9H2,1-4H3. The molecule has 0 aromatic heterocycles. The first-order chi connectivity index (χ1) is 4.44. The van der Waals surface area contributed by atoms with Crippen molar-refractivity contribution in [1.82, 2.24) is 0 Å². The summed E-state index contributed by atoms with van der Waals surface area (Å²) >= 11 is 0. The minimum absolute atomic E-state index is 0.409. The lowest BCUT2D eigenvalue weighted by atomic mass is 10.0. The Kier molecular flexibility index (Phi) is 1.57. The third-order valence-corrected chi connectivity index (χ3v) is 3.58. The van der Waals surface area contributed by atoms with Gasteiger partial charge in [-0.25, -0.2) is 5.90 Å². The highest BCUT2D eigenvalue weighted by molar-refractivity contribution is 5.11. The molecule has 2 N–H and O–H groups in total. The van der Waals surface area contributed by atoms with Crippen LogP contribution in [0.5, 0.6) is 0 Å². The molecule has 0 aliphatic heterocycles. The van der Waals surface area contributed by atoms with Gasteiger partial charge in [0.2, 0.25) is 0 Å². The molecular formula is C8H17NO. The molecular weight excluding hydrogens is 126 g/mol. The molecule has 1 rings (SSSR count). The molecule has 2 nitrogen and oxygen atoms in total. The van der Waals surface area contributed by atoms with Crippen LogP contribution in [-0.2, 0) is 4.84 Å². The van der Waals surface area contributed by atoms with Crippen LogP contribution in [-0.4, -0.2) is 6.61 Å². The molecule has 1 aliphatic rings. The van der Waals surface area contributed by atoms with E-state index >= 15 is 0 Å². The van der Waals surface area contributed by atoms with Gasteiger partial charge in [0.25, 0.3) is 0 Å². The number of hydrogen-bond acceptors (Lipinski definition) is 2. The lowest BCUT2D eigenvalue weighted by molar-refractivity contribution is 0.115. The van der Waals surface area contributed by atoms with Crippen molar-refractivity contribution < 1.29 is 4.84 Å². The van der Waals surface area contributed by atoms with E-state index in [9.17, 15) is 0 Å². The van der Waals surface area contributed by atoms with E-state index in [0.29, 0.717) is 23.4 Å². The van der Waals surface area contributed by atoms with E-state index in [1.54, 1.807) is 0 Å². The second-order valence-corrected chi connectivity index (χ2v) is 4.33. The fraction of sp³-hybridized carbons (Fsp3) is 1.00. The van der Waals surface area contributed by atoms with Crippen LogP contribution in [0.2, 0.25) is 0 Å². The minimum atomic E-state index is 0.409. The Morgan fingerprint density at radius 1 is 1.20 bits per heavy atom. The van der Waals surface area contributed by atoms with Crippen molar-refractivity contribution in [3.8, 4) is 0 Å². The van der Waals surface area contributed by atoms with Crippen LogP contribution in [0.4, 0.5) is 0 Å². The smallest absolute Gasteiger partial charge is 0.0718 e. The SMILES string of the molecule is CC1(C)C(CON)C1(C)C. The van der Waals surface area contributed by atoms with E-state index < -0.39 is 0 Å². The molecule has 0 atom stereocenters. The summed E-state index contributed by atoms with van der Waals surface area (Å²) in [5, 5.41) is 0. The molecule has 0 radical (unpaired) electrons. The van der Waals surface area contributed by atoms with Gasteiger partial charge in [-0.3, -0.25) is 0 Å². The quantitative estimate of drug-likeness (QED) is 0.595. The van der Waals surface area contributed by atoms with Crippen LogP contribution in [0, 0.1) is 16.7 Å². The summed E-state index contributed by atoms with van der Waals surface area (Å²) in [6, 6.07) is 0. The molecule has 2 heteroatoms. The predicted octanol–water partition coefficient (Wildman–Crippen LogP) is 1.56. The van der Waals surface area contributed by atoms with Crippen molar-refractivity contribution in [2.75, 3.05) is 6.61 Å². The molecule has 0 aromatic carbocycles. The van der Waals surface area contributed by atoms with Gasteiger partial charge in [-0.05, 0) is 16.7 Å². The summed E-state index contributed by atoms with van der Waals surface area (Å²) < 4.78 is 0. The molecule has 0 bridgehead atoms. The second-order valence-electron chi connectivity index (χ2n) is 4.33. The molecule has 60 valence electrons. The van der Waals surface area contributed by atoms with Gasteiger partial charge in [0.15, 0.2) is 0 Å². The molecule has 0 unspecified atom stereocenters. The maximum Gasteiger partial charge on any atom is 0.0718 e. The van der Waals surface area contributed by atoms with E-state index in [0.717, 1.165) is 0 Å². The van der Waals surface area contributed by atoms with Crippen LogP contribution in [0.1, 0.15) is 27.7 Å². The van der Waals surface area contributed by atoms with Crippen LogP contribution in [0.25, 0.3) is 0 Å². The average molecular weight is 143 g/mol. The van der Waals surface area contributed by atoms with Crippen molar-refractivity contribution in [3.05, 3.63) is 0 Å². The normalized spacial score (nSPS) is 28.5. The molecule has 0 aromatic rings. The number of nitrogens with two attached hydrogens (primary N) is 1. The fourth-order valence-electron chi connectivity index (χ4n) is 1.85. The zero-order valence-electron chi connectivity index (χ0n) is 7.27. The van der Waals surface area contributed by atoms with E-state index in [2.05, 4.69) is 32.5 Å². The first kappa shape index (κ1) is 8.02. The van der Waals surface area contributed by atoms with E-state index in [1.807, 2.05) is 0 Å². The predicted molar refractivity (Wildman–Crippen MR) is 41.2 cm³/mol. The maximum absolute atomic E-state index is 5.01. The Balaban J connectivity index is 2.54.